The maximum atomic E-state index is 5.66. The van der Waals surface area contributed by atoms with Gasteiger partial charge in [0.05, 0.1) is 11.8 Å². The van der Waals surface area contributed by atoms with Crippen LogP contribution in [0.5, 0.6) is 0 Å². The minimum atomic E-state index is 0.387. The molecule has 0 aromatic carbocycles. The van der Waals surface area contributed by atoms with Gasteiger partial charge in [-0.25, -0.2) is 0 Å². The molecular formula is C15H24N2O. The molecule has 1 N–H and O–H groups in total. The Kier molecular flexibility index (Phi) is 5.62. The summed E-state index contributed by atoms with van der Waals surface area (Å²) in [7, 11) is 0. The first-order valence-corrected chi connectivity index (χ1v) is 7.16. The maximum absolute atomic E-state index is 5.66. The van der Waals surface area contributed by atoms with Crippen LogP contribution in [0.25, 0.3) is 0 Å². The Morgan fingerprint density at radius 2 is 2.44 bits per heavy atom. The van der Waals surface area contributed by atoms with Crippen LogP contribution in [-0.4, -0.2) is 24.2 Å². The van der Waals surface area contributed by atoms with E-state index in [-0.39, 0.29) is 0 Å². The second-order valence-electron chi connectivity index (χ2n) is 4.93. The van der Waals surface area contributed by atoms with E-state index in [1.807, 2.05) is 12.3 Å². The van der Waals surface area contributed by atoms with Crippen molar-refractivity contribution in [3.63, 3.8) is 0 Å². The quantitative estimate of drug-likeness (QED) is 0.805. The van der Waals surface area contributed by atoms with Gasteiger partial charge in [0, 0.05) is 18.8 Å². The molecule has 2 heterocycles. The predicted molar refractivity (Wildman–Crippen MR) is 73.5 cm³/mol. The first kappa shape index (κ1) is 13.5. The molecule has 2 atom stereocenters. The SMILES string of the molecule is CCNC(CCCC1CCCO1)c1ccccn1. The molecule has 1 aromatic rings. The monoisotopic (exact) mass is 248 g/mol. The molecule has 100 valence electrons. The molecule has 0 spiro atoms. The molecule has 2 unspecified atom stereocenters. The van der Waals surface area contributed by atoms with Crippen molar-refractivity contribution in [3.05, 3.63) is 30.1 Å². The van der Waals surface area contributed by atoms with Crippen molar-refractivity contribution in [1.29, 1.82) is 0 Å². The normalized spacial score (nSPS) is 21.1. The Balaban J connectivity index is 1.79. The van der Waals surface area contributed by atoms with Crippen molar-refractivity contribution < 1.29 is 4.74 Å². The average Bonchev–Trinajstić information content (AvgIpc) is 2.92. The van der Waals surface area contributed by atoms with E-state index in [0.29, 0.717) is 12.1 Å². The molecule has 0 bridgehead atoms. The highest BCUT2D eigenvalue weighted by Gasteiger charge is 2.17. The van der Waals surface area contributed by atoms with Gasteiger partial charge in [0.25, 0.3) is 0 Å². The van der Waals surface area contributed by atoms with Gasteiger partial charge in [-0.05, 0) is 50.8 Å². The molecular weight excluding hydrogens is 224 g/mol. The number of ether oxygens (including phenoxy) is 1. The lowest BCUT2D eigenvalue weighted by molar-refractivity contribution is 0.101. The lowest BCUT2D eigenvalue weighted by Crippen LogP contribution is -2.22. The van der Waals surface area contributed by atoms with Crippen molar-refractivity contribution in [1.82, 2.24) is 10.3 Å². The molecule has 0 radical (unpaired) electrons. The minimum Gasteiger partial charge on any atom is -0.378 e. The summed E-state index contributed by atoms with van der Waals surface area (Å²) in [6.45, 7) is 4.10. The largest absolute Gasteiger partial charge is 0.378 e. The van der Waals surface area contributed by atoms with Crippen LogP contribution in [-0.2, 0) is 4.74 Å². The van der Waals surface area contributed by atoms with Crippen LogP contribution in [0.4, 0.5) is 0 Å². The Labute approximate surface area is 110 Å². The summed E-state index contributed by atoms with van der Waals surface area (Å²) in [5.74, 6) is 0. The van der Waals surface area contributed by atoms with Gasteiger partial charge >= 0.3 is 0 Å². The van der Waals surface area contributed by atoms with E-state index in [2.05, 4.69) is 29.4 Å². The van der Waals surface area contributed by atoms with E-state index >= 15 is 0 Å². The summed E-state index contributed by atoms with van der Waals surface area (Å²) in [5, 5.41) is 3.52. The summed E-state index contributed by atoms with van der Waals surface area (Å²) in [6.07, 6.45) is 8.41. The third-order valence-corrected chi connectivity index (χ3v) is 3.54. The fourth-order valence-corrected chi connectivity index (χ4v) is 2.60. The van der Waals surface area contributed by atoms with Crippen molar-refractivity contribution in [2.45, 2.75) is 51.2 Å². The van der Waals surface area contributed by atoms with Crippen molar-refractivity contribution in [2.75, 3.05) is 13.2 Å². The second kappa shape index (κ2) is 7.49. The third kappa shape index (κ3) is 4.07. The molecule has 1 aliphatic rings. The molecule has 3 nitrogen and oxygen atoms in total. The van der Waals surface area contributed by atoms with E-state index < -0.39 is 0 Å². The standard InChI is InChI=1S/C15H24N2O/c1-2-16-14(15-9-3-4-11-17-15)10-5-7-13-8-6-12-18-13/h3-4,9,11,13-14,16H,2,5-8,10,12H2,1H3. The predicted octanol–water partition coefficient (Wildman–Crippen LogP) is 3.08. The van der Waals surface area contributed by atoms with Gasteiger partial charge in [-0.2, -0.15) is 0 Å². The van der Waals surface area contributed by atoms with Gasteiger partial charge in [-0.15, -0.1) is 0 Å². The molecule has 0 aliphatic carbocycles. The van der Waals surface area contributed by atoms with Gasteiger partial charge in [0.15, 0.2) is 0 Å². The molecule has 1 aromatic heterocycles. The summed E-state index contributed by atoms with van der Waals surface area (Å²) < 4.78 is 5.66. The topological polar surface area (TPSA) is 34.1 Å². The summed E-state index contributed by atoms with van der Waals surface area (Å²) >= 11 is 0. The summed E-state index contributed by atoms with van der Waals surface area (Å²) in [4.78, 5) is 4.45. The number of hydrogen-bond donors (Lipinski definition) is 1. The Hall–Kier alpha value is -0.930. The van der Waals surface area contributed by atoms with E-state index in [4.69, 9.17) is 4.74 Å². The Bertz CT molecular complexity index is 323. The van der Waals surface area contributed by atoms with Gasteiger partial charge in [0.1, 0.15) is 0 Å². The summed E-state index contributed by atoms with van der Waals surface area (Å²) in [6, 6.07) is 6.53. The lowest BCUT2D eigenvalue weighted by Gasteiger charge is -2.18. The van der Waals surface area contributed by atoms with Gasteiger partial charge < -0.3 is 10.1 Å². The van der Waals surface area contributed by atoms with Crippen LogP contribution >= 0.6 is 0 Å². The number of nitrogens with one attached hydrogen (secondary N) is 1. The van der Waals surface area contributed by atoms with Crippen LogP contribution in [0.1, 0.15) is 50.8 Å². The number of aromatic nitrogens is 1. The van der Waals surface area contributed by atoms with Crippen molar-refractivity contribution in [2.24, 2.45) is 0 Å². The zero-order chi connectivity index (χ0) is 12.6. The first-order chi connectivity index (χ1) is 8.90. The highest BCUT2D eigenvalue weighted by Crippen LogP contribution is 2.22. The lowest BCUT2D eigenvalue weighted by atomic mass is 10.0. The highest BCUT2D eigenvalue weighted by atomic mass is 16.5. The van der Waals surface area contributed by atoms with Gasteiger partial charge in [0.2, 0.25) is 0 Å². The molecule has 18 heavy (non-hydrogen) atoms. The number of pyridine rings is 1. The van der Waals surface area contributed by atoms with E-state index in [0.717, 1.165) is 25.3 Å². The number of nitrogens with zero attached hydrogens (tertiary/aromatic N) is 1. The zero-order valence-electron chi connectivity index (χ0n) is 11.3. The van der Waals surface area contributed by atoms with Crippen LogP contribution in [0.2, 0.25) is 0 Å². The highest BCUT2D eigenvalue weighted by molar-refractivity contribution is 5.08. The van der Waals surface area contributed by atoms with Gasteiger partial charge in [-0.3, -0.25) is 4.98 Å². The molecule has 0 saturated carbocycles. The third-order valence-electron chi connectivity index (χ3n) is 3.54. The number of hydrogen-bond acceptors (Lipinski definition) is 3. The van der Waals surface area contributed by atoms with Crippen LogP contribution < -0.4 is 5.32 Å². The average molecular weight is 248 g/mol. The van der Waals surface area contributed by atoms with Crippen molar-refractivity contribution >= 4 is 0 Å². The maximum Gasteiger partial charge on any atom is 0.0576 e. The van der Waals surface area contributed by atoms with Crippen molar-refractivity contribution in [3.8, 4) is 0 Å². The fourth-order valence-electron chi connectivity index (χ4n) is 2.60. The second-order valence-corrected chi connectivity index (χ2v) is 4.93. The molecule has 1 aliphatic heterocycles. The first-order valence-electron chi connectivity index (χ1n) is 7.16. The van der Waals surface area contributed by atoms with Crippen LogP contribution in [0.3, 0.4) is 0 Å². The van der Waals surface area contributed by atoms with Crippen LogP contribution in [0, 0.1) is 0 Å². The van der Waals surface area contributed by atoms with E-state index in [1.165, 1.54) is 25.7 Å². The zero-order valence-corrected chi connectivity index (χ0v) is 11.3. The van der Waals surface area contributed by atoms with E-state index in [9.17, 15) is 0 Å². The molecule has 3 heteroatoms. The number of rotatable bonds is 7. The summed E-state index contributed by atoms with van der Waals surface area (Å²) in [5.41, 5.74) is 1.16. The fraction of sp³-hybridized carbons (Fsp3) is 0.667. The smallest absolute Gasteiger partial charge is 0.0576 e. The Morgan fingerprint density at radius 3 is 3.11 bits per heavy atom. The molecule has 1 saturated heterocycles. The van der Waals surface area contributed by atoms with Crippen LogP contribution in [0.15, 0.2) is 24.4 Å². The molecule has 2 rings (SSSR count). The minimum absolute atomic E-state index is 0.387. The Morgan fingerprint density at radius 1 is 1.50 bits per heavy atom. The van der Waals surface area contributed by atoms with Gasteiger partial charge in [-0.1, -0.05) is 13.0 Å². The molecule has 0 amide bonds. The molecule has 1 fully saturated rings. The van der Waals surface area contributed by atoms with E-state index in [1.54, 1.807) is 0 Å².